The molecule has 21 heavy (non-hydrogen) atoms. The molecule has 0 unspecified atom stereocenters. The molecular formula is C15H30IN5. The zero-order chi connectivity index (χ0) is 15.0. The highest BCUT2D eigenvalue weighted by molar-refractivity contribution is 14.0. The van der Waals surface area contributed by atoms with Crippen molar-refractivity contribution in [1.82, 2.24) is 20.4 Å². The van der Waals surface area contributed by atoms with Gasteiger partial charge in [0.05, 0.1) is 5.69 Å². The number of aryl methyl sites for hydroxylation is 2. The van der Waals surface area contributed by atoms with E-state index in [0.717, 1.165) is 44.1 Å². The molecule has 0 bridgehead atoms. The fourth-order valence-corrected chi connectivity index (χ4v) is 2.18. The summed E-state index contributed by atoms with van der Waals surface area (Å²) in [6.07, 6.45) is 3.29. The maximum atomic E-state index is 4.56. The lowest BCUT2D eigenvalue weighted by atomic mass is 10.1. The molecule has 0 spiro atoms. The molecule has 1 aromatic rings. The van der Waals surface area contributed by atoms with Gasteiger partial charge in [-0.3, -0.25) is 9.67 Å². The fraction of sp³-hybridized carbons (Fsp3) is 0.733. The van der Waals surface area contributed by atoms with Crippen LogP contribution in [0.3, 0.4) is 0 Å². The van der Waals surface area contributed by atoms with E-state index < -0.39 is 0 Å². The van der Waals surface area contributed by atoms with Gasteiger partial charge >= 0.3 is 0 Å². The number of aliphatic imine (C=N–C) groups is 1. The van der Waals surface area contributed by atoms with Crippen molar-refractivity contribution >= 4 is 29.9 Å². The fourth-order valence-electron chi connectivity index (χ4n) is 2.18. The molecule has 1 heterocycles. The van der Waals surface area contributed by atoms with Crippen molar-refractivity contribution in [1.29, 1.82) is 0 Å². The third-order valence-corrected chi connectivity index (χ3v) is 3.45. The van der Waals surface area contributed by atoms with Crippen molar-refractivity contribution in [3.8, 4) is 0 Å². The molecule has 5 nitrogen and oxygen atoms in total. The summed E-state index contributed by atoms with van der Waals surface area (Å²) in [6, 6.07) is 0. The normalized spacial score (nSPS) is 11.2. The Hall–Kier alpha value is -0.790. The smallest absolute Gasteiger partial charge is 0.191 e. The molecule has 6 heteroatoms. The molecule has 0 amide bonds. The first kappa shape index (κ1) is 20.2. The van der Waals surface area contributed by atoms with Gasteiger partial charge in [-0.1, -0.05) is 13.3 Å². The Balaban J connectivity index is 0.00000400. The van der Waals surface area contributed by atoms with Crippen LogP contribution >= 0.6 is 24.0 Å². The first-order valence-electron chi connectivity index (χ1n) is 7.61. The summed E-state index contributed by atoms with van der Waals surface area (Å²) >= 11 is 0. The Morgan fingerprint density at radius 1 is 1.24 bits per heavy atom. The van der Waals surface area contributed by atoms with Crippen molar-refractivity contribution in [3.05, 3.63) is 17.0 Å². The van der Waals surface area contributed by atoms with E-state index in [0.29, 0.717) is 0 Å². The van der Waals surface area contributed by atoms with Crippen LogP contribution in [-0.2, 0) is 13.5 Å². The van der Waals surface area contributed by atoms with Crippen molar-refractivity contribution in [2.24, 2.45) is 12.0 Å². The summed E-state index contributed by atoms with van der Waals surface area (Å²) in [6.45, 7) is 11.1. The Bertz CT molecular complexity index is 440. The van der Waals surface area contributed by atoms with Gasteiger partial charge < -0.3 is 10.6 Å². The van der Waals surface area contributed by atoms with Gasteiger partial charge in [0.1, 0.15) is 0 Å². The van der Waals surface area contributed by atoms with Crippen LogP contribution < -0.4 is 10.6 Å². The minimum Gasteiger partial charge on any atom is -0.357 e. The van der Waals surface area contributed by atoms with E-state index in [9.17, 15) is 0 Å². The zero-order valence-electron chi connectivity index (χ0n) is 14.0. The van der Waals surface area contributed by atoms with Gasteiger partial charge in [-0.2, -0.15) is 5.10 Å². The highest BCUT2D eigenvalue weighted by Gasteiger charge is 2.08. The summed E-state index contributed by atoms with van der Waals surface area (Å²) in [5.74, 6) is 0.917. The number of guanidine groups is 1. The molecule has 0 saturated heterocycles. The van der Waals surface area contributed by atoms with E-state index in [1.54, 1.807) is 0 Å². The number of nitrogens with one attached hydrogen (secondary N) is 2. The first-order valence-corrected chi connectivity index (χ1v) is 7.61. The predicted octanol–water partition coefficient (Wildman–Crippen LogP) is 2.55. The maximum Gasteiger partial charge on any atom is 0.191 e. The zero-order valence-corrected chi connectivity index (χ0v) is 16.3. The largest absolute Gasteiger partial charge is 0.357 e. The Morgan fingerprint density at radius 2 is 1.95 bits per heavy atom. The molecule has 2 N–H and O–H groups in total. The van der Waals surface area contributed by atoms with Crippen LogP contribution in [0.5, 0.6) is 0 Å². The standard InChI is InChI=1S/C15H29N5.HI/c1-6-8-10-17-15(16-7-2)18-11-9-14-12(3)19-20(5)13(14)4;/h6-11H2,1-5H3,(H2,16,17,18);1H. The van der Waals surface area contributed by atoms with Gasteiger partial charge in [0, 0.05) is 32.4 Å². The number of halogens is 1. The van der Waals surface area contributed by atoms with Gasteiger partial charge in [-0.25, -0.2) is 0 Å². The third kappa shape index (κ3) is 6.67. The Labute approximate surface area is 146 Å². The average Bonchev–Trinajstić information content (AvgIpc) is 2.65. The SMILES string of the molecule is CCCCN=C(NCC)NCCc1c(C)nn(C)c1C.I. The average molecular weight is 407 g/mol. The molecule has 0 saturated carbocycles. The molecule has 0 aliphatic rings. The van der Waals surface area contributed by atoms with Crippen LogP contribution in [0.15, 0.2) is 4.99 Å². The number of aromatic nitrogens is 2. The number of hydrogen-bond donors (Lipinski definition) is 2. The topological polar surface area (TPSA) is 54.2 Å². The predicted molar refractivity (Wildman–Crippen MR) is 101 cm³/mol. The molecule has 0 aromatic carbocycles. The highest BCUT2D eigenvalue weighted by Crippen LogP contribution is 2.11. The van der Waals surface area contributed by atoms with Crippen LogP contribution in [-0.4, -0.2) is 35.4 Å². The molecule has 122 valence electrons. The Kier molecular flexibility index (Phi) is 10.5. The minimum atomic E-state index is 0. The Morgan fingerprint density at radius 3 is 2.48 bits per heavy atom. The monoisotopic (exact) mass is 407 g/mol. The van der Waals surface area contributed by atoms with E-state index in [1.165, 1.54) is 17.7 Å². The van der Waals surface area contributed by atoms with Crippen molar-refractivity contribution in [3.63, 3.8) is 0 Å². The summed E-state index contributed by atoms with van der Waals surface area (Å²) in [4.78, 5) is 4.56. The molecule has 0 aliphatic carbocycles. The maximum absolute atomic E-state index is 4.56. The van der Waals surface area contributed by atoms with Gasteiger partial charge in [-0.15, -0.1) is 24.0 Å². The van der Waals surface area contributed by atoms with Crippen molar-refractivity contribution < 1.29 is 0 Å². The number of hydrogen-bond acceptors (Lipinski definition) is 2. The first-order chi connectivity index (χ1) is 9.60. The molecular weight excluding hydrogens is 377 g/mol. The summed E-state index contributed by atoms with van der Waals surface area (Å²) in [5, 5.41) is 11.1. The van der Waals surface area contributed by atoms with E-state index >= 15 is 0 Å². The number of rotatable bonds is 7. The van der Waals surface area contributed by atoms with Crippen LogP contribution in [0.4, 0.5) is 0 Å². The van der Waals surface area contributed by atoms with Crippen LogP contribution in [0, 0.1) is 13.8 Å². The summed E-state index contributed by atoms with van der Waals surface area (Å²) in [5.41, 5.74) is 3.71. The van der Waals surface area contributed by atoms with E-state index in [4.69, 9.17) is 0 Å². The molecule has 0 fully saturated rings. The van der Waals surface area contributed by atoms with E-state index in [-0.39, 0.29) is 24.0 Å². The quantitative estimate of drug-likeness (QED) is 0.316. The molecule has 0 atom stereocenters. The molecule has 0 aliphatic heterocycles. The lowest BCUT2D eigenvalue weighted by Crippen LogP contribution is -2.38. The molecule has 1 rings (SSSR count). The molecule has 0 radical (unpaired) electrons. The third-order valence-electron chi connectivity index (χ3n) is 3.45. The molecule has 1 aromatic heterocycles. The van der Waals surface area contributed by atoms with E-state index in [1.807, 2.05) is 11.7 Å². The number of unbranched alkanes of at least 4 members (excludes halogenated alkanes) is 1. The van der Waals surface area contributed by atoms with Gasteiger partial charge in [0.25, 0.3) is 0 Å². The minimum absolute atomic E-state index is 0. The van der Waals surface area contributed by atoms with Gasteiger partial charge in [0.15, 0.2) is 5.96 Å². The lowest BCUT2D eigenvalue weighted by molar-refractivity contribution is 0.728. The number of nitrogens with zero attached hydrogens (tertiary/aromatic N) is 3. The van der Waals surface area contributed by atoms with Crippen LogP contribution in [0.1, 0.15) is 43.6 Å². The van der Waals surface area contributed by atoms with Crippen LogP contribution in [0.2, 0.25) is 0 Å². The van der Waals surface area contributed by atoms with Crippen LogP contribution in [0.25, 0.3) is 0 Å². The second-order valence-electron chi connectivity index (χ2n) is 5.06. The highest BCUT2D eigenvalue weighted by atomic mass is 127. The second-order valence-corrected chi connectivity index (χ2v) is 5.06. The van der Waals surface area contributed by atoms with Crippen molar-refractivity contribution in [2.45, 2.75) is 47.0 Å². The second kappa shape index (κ2) is 10.9. The summed E-state index contributed by atoms with van der Waals surface area (Å²) < 4.78 is 1.95. The lowest BCUT2D eigenvalue weighted by Gasteiger charge is -2.11. The summed E-state index contributed by atoms with van der Waals surface area (Å²) in [7, 11) is 2.00. The van der Waals surface area contributed by atoms with Gasteiger partial charge in [-0.05, 0) is 39.2 Å². The van der Waals surface area contributed by atoms with Gasteiger partial charge in [0.2, 0.25) is 0 Å². The van der Waals surface area contributed by atoms with Crippen molar-refractivity contribution in [2.75, 3.05) is 19.6 Å². The van der Waals surface area contributed by atoms with E-state index in [2.05, 4.69) is 48.4 Å².